The predicted octanol–water partition coefficient (Wildman–Crippen LogP) is 4.16. The Morgan fingerprint density at radius 3 is 2.62 bits per heavy atom. The largest absolute Gasteiger partial charge is 0.437 e. The summed E-state index contributed by atoms with van der Waals surface area (Å²) in [6.45, 7) is 3.48. The van der Waals surface area contributed by atoms with Crippen LogP contribution in [0.15, 0.2) is 32.3 Å². The van der Waals surface area contributed by atoms with Crippen molar-refractivity contribution >= 4 is 49.4 Å². The number of halogens is 2. The quantitative estimate of drug-likeness (QED) is 0.495. The van der Waals surface area contributed by atoms with Crippen LogP contribution in [0.3, 0.4) is 0 Å². The van der Waals surface area contributed by atoms with Crippen molar-refractivity contribution in [1.29, 1.82) is 0 Å². The SMILES string of the molecule is CC(C)=NOC(=O)Nc1ccc(Br)cc1Br. The van der Waals surface area contributed by atoms with E-state index in [2.05, 4.69) is 47.2 Å². The molecule has 0 atom stereocenters. The van der Waals surface area contributed by atoms with Gasteiger partial charge in [-0.2, -0.15) is 0 Å². The molecule has 1 aromatic rings. The van der Waals surface area contributed by atoms with E-state index >= 15 is 0 Å². The van der Waals surface area contributed by atoms with E-state index in [4.69, 9.17) is 0 Å². The van der Waals surface area contributed by atoms with Crippen LogP contribution in [0.4, 0.5) is 10.5 Å². The fraction of sp³-hybridized carbons (Fsp3) is 0.200. The summed E-state index contributed by atoms with van der Waals surface area (Å²) in [5.41, 5.74) is 1.29. The number of nitrogens with zero attached hydrogens (tertiary/aromatic N) is 1. The van der Waals surface area contributed by atoms with Gasteiger partial charge in [0.1, 0.15) is 0 Å². The summed E-state index contributed by atoms with van der Waals surface area (Å²) in [5.74, 6) is 0. The molecule has 0 fully saturated rings. The Balaban J connectivity index is 2.66. The molecule has 0 saturated carbocycles. The van der Waals surface area contributed by atoms with E-state index in [1.54, 1.807) is 19.9 Å². The van der Waals surface area contributed by atoms with Crippen molar-refractivity contribution in [2.24, 2.45) is 5.16 Å². The normalized spacial score (nSPS) is 9.50. The number of carbonyl (C=O) groups is 1. The lowest BCUT2D eigenvalue weighted by Gasteiger charge is -2.05. The molecule has 0 aliphatic heterocycles. The van der Waals surface area contributed by atoms with Crippen molar-refractivity contribution in [1.82, 2.24) is 0 Å². The number of anilines is 1. The van der Waals surface area contributed by atoms with Crippen LogP contribution in [0, 0.1) is 0 Å². The van der Waals surface area contributed by atoms with Gasteiger partial charge in [-0.25, -0.2) is 4.79 Å². The Bertz CT molecular complexity index is 429. The van der Waals surface area contributed by atoms with Gasteiger partial charge in [-0.1, -0.05) is 21.1 Å². The highest BCUT2D eigenvalue weighted by Gasteiger charge is 2.06. The highest BCUT2D eigenvalue weighted by Crippen LogP contribution is 2.26. The van der Waals surface area contributed by atoms with E-state index in [1.807, 2.05) is 12.1 Å². The Labute approximate surface area is 110 Å². The average molecular weight is 350 g/mol. The molecule has 86 valence electrons. The molecular formula is C10H10Br2N2O2. The fourth-order valence-electron chi connectivity index (χ4n) is 0.856. The first-order valence-corrected chi connectivity index (χ1v) is 6.02. The van der Waals surface area contributed by atoms with Gasteiger partial charge in [0.05, 0.1) is 11.4 Å². The predicted molar refractivity (Wildman–Crippen MR) is 70.7 cm³/mol. The molecular weight excluding hydrogens is 340 g/mol. The van der Waals surface area contributed by atoms with Crippen molar-refractivity contribution in [2.75, 3.05) is 5.32 Å². The van der Waals surface area contributed by atoms with Crippen LogP contribution < -0.4 is 5.32 Å². The third-order valence-corrected chi connectivity index (χ3v) is 2.63. The summed E-state index contributed by atoms with van der Waals surface area (Å²) in [6.07, 6.45) is -0.621. The molecule has 4 nitrogen and oxygen atoms in total. The highest BCUT2D eigenvalue weighted by atomic mass is 79.9. The molecule has 0 aliphatic carbocycles. The van der Waals surface area contributed by atoms with Crippen LogP contribution >= 0.6 is 31.9 Å². The Morgan fingerprint density at radius 2 is 2.06 bits per heavy atom. The lowest BCUT2D eigenvalue weighted by molar-refractivity contribution is 0.166. The molecule has 1 rings (SSSR count). The van der Waals surface area contributed by atoms with Crippen LogP contribution in [0.2, 0.25) is 0 Å². The number of oxime groups is 1. The minimum absolute atomic E-state index is 0.621. The molecule has 0 aliphatic rings. The van der Waals surface area contributed by atoms with Gasteiger partial charge in [-0.3, -0.25) is 10.2 Å². The first-order chi connectivity index (χ1) is 7.49. The Hall–Kier alpha value is -0.880. The minimum Gasteiger partial charge on any atom is -0.298 e. The topological polar surface area (TPSA) is 50.7 Å². The van der Waals surface area contributed by atoms with Gasteiger partial charge in [0, 0.05) is 8.95 Å². The number of rotatable bonds is 2. The molecule has 6 heteroatoms. The van der Waals surface area contributed by atoms with Crippen molar-refractivity contribution in [2.45, 2.75) is 13.8 Å². The summed E-state index contributed by atoms with van der Waals surface area (Å²) < 4.78 is 1.68. The molecule has 0 saturated heterocycles. The van der Waals surface area contributed by atoms with Crippen LogP contribution in [-0.4, -0.2) is 11.8 Å². The second-order valence-electron chi connectivity index (χ2n) is 3.17. The lowest BCUT2D eigenvalue weighted by atomic mass is 10.3. The first kappa shape index (κ1) is 13.2. The summed E-state index contributed by atoms with van der Waals surface area (Å²) in [7, 11) is 0. The molecule has 0 heterocycles. The summed E-state index contributed by atoms with van der Waals surface area (Å²) in [5, 5.41) is 6.10. The minimum atomic E-state index is -0.621. The molecule has 1 N–H and O–H groups in total. The summed E-state index contributed by atoms with van der Waals surface area (Å²) in [4.78, 5) is 15.9. The zero-order valence-corrected chi connectivity index (χ0v) is 11.9. The number of hydrogen-bond acceptors (Lipinski definition) is 3. The van der Waals surface area contributed by atoms with Gasteiger partial charge < -0.3 is 0 Å². The zero-order valence-electron chi connectivity index (χ0n) is 8.75. The molecule has 0 radical (unpaired) electrons. The third kappa shape index (κ3) is 4.32. The van der Waals surface area contributed by atoms with Crippen LogP contribution in [0.5, 0.6) is 0 Å². The van der Waals surface area contributed by atoms with Gasteiger partial charge in [0.2, 0.25) is 0 Å². The second kappa shape index (κ2) is 6.00. The van der Waals surface area contributed by atoms with Gasteiger partial charge >= 0.3 is 6.09 Å². The number of amides is 1. The number of carbonyl (C=O) groups excluding carboxylic acids is 1. The van der Waals surface area contributed by atoms with E-state index in [1.165, 1.54) is 0 Å². The lowest BCUT2D eigenvalue weighted by Crippen LogP contribution is -2.11. The summed E-state index contributed by atoms with van der Waals surface area (Å²) in [6, 6.07) is 5.39. The first-order valence-electron chi connectivity index (χ1n) is 4.43. The van der Waals surface area contributed by atoms with Crippen molar-refractivity contribution in [3.8, 4) is 0 Å². The maximum atomic E-state index is 11.3. The Morgan fingerprint density at radius 1 is 1.38 bits per heavy atom. The van der Waals surface area contributed by atoms with E-state index < -0.39 is 6.09 Å². The van der Waals surface area contributed by atoms with E-state index in [0.717, 1.165) is 8.95 Å². The molecule has 0 unspecified atom stereocenters. The molecule has 1 aromatic carbocycles. The maximum Gasteiger partial charge on any atom is 0.437 e. The van der Waals surface area contributed by atoms with Crippen LogP contribution in [-0.2, 0) is 4.84 Å². The van der Waals surface area contributed by atoms with Gasteiger partial charge in [0.15, 0.2) is 0 Å². The molecule has 0 bridgehead atoms. The smallest absolute Gasteiger partial charge is 0.298 e. The average Bonchev–Trinajstić information content (AvgIpc) is 2.19. The molecule has 16 heavy (non-hydrogen) atoms. The van der Waals surface area contributed by atoms with Crippen LogP contribution in [0.1, 0.15) is 13.8 Å². The van der Waals surface area contributed by atoms with Gasteiger partial charge in [0.25, 0.3) is 0 Å². The molecule has 0 spiro atoms. The molecule has 0 aromatic heterocycles. The van der Waals surface area contributed by atoms with Gasteiger partial charge in [-0.15, -0.1) is 0 Å². The standard InChI is InChI=1S/C10H10Br2N2O2/c1-6(2)14-16-10(15)13-9-4-3-7(11)5-8(9)12/h3-5H,1-2H3,(H,13,15). The van der Waals surface area contributed by atoms with E-state index in [0.29, 0.717) is 11.4 Å². The number of hydrogen-bond donors (Lipinski definition) is 1. The monoisotopic (exact) mass is 348 g/mol. The van der Waals surface area contributed by atoms with E-state index in [9.17, 15) is 4.79 Å². The fourth-order valence-corrected chi connectivity index (χ4v) is 2.00. The number of benzene rings is 1. The summed E-state index contributed by atoms with van der Waals surface area (Å²) >= 11 is 6.64. The van der Waals surface area contributed by atoms with Crippen molar-refractivity contribution < 1.29 is 9.63 Å². The zero-order chi connectivity index (χ0) is 12.1. The van der Waals surface area contributed by atoms with Crippen molar-refractivity contribution in [3.05, 3.63) is 27.1 Å². The molecule has 1 amide bonds. The van der Waals surface area contributed by atoms with Crippen molar-refractivity contribution in [3.63, 3.8) is 0 Å². The highest BCUT2D eigenvalue weighted by molar-refractivity contribution is 9.11. The van der Waals surface area contributed by atoms with Crippen LogP contribution in [0.25, 0.3) is 0 Å². The Kier molecular flexibility index (Phi) is 4.95. The van der Waals surface area contributed by atoms with E-state index in [-0.39, 0.29) is 0 Å². The maximum absolute atomic E-state index is 11.3. The second-order valence-corrected chi connectivity index (χ2v) is 4.94. The van der Waals surface area contributed by atoms with Gasteiger partial charge in [-0.05, 0) is 48.0 Å². The number of nitrogens with one attached hydrogen (secondary N) is 1. The third-order valence-electron chi connectivity index (χ3n) is 1.48.